The van der Waals surface area contributed by atoms with E-state index >= 15 is 0 Å². The van der Waals surface area contributed by atoms with Crippen molar-refractivity contribution >= 4 is 17.9 Å². The van der Waals surface area contributed by atoms with Crippen LogP contribution in [-0.4, -0.2) is 65.0 Å². The number of hydrogen-bond acceptors (Lipinski definition) is 3. The Morgan fingerprint density at radius 3 is 2.80 bits per heavy atom. The van der Waals surface area contributed by atoms with E-state index in [1.54, 1.807) is 9.80 Å². The Morgan fingerprint density at radius 1 is 1.30 bits per heavy atom. The molecule has 3 amide bonds. The van der Waals surface area contributed by atoms with Crippen molar-refractivity contribution in [3.8, 4) is 0 Å². The van der Waals surface area contributed by atoms with Crippen molar-refractivity contribution in [3.05, 3.63) is 0 Å². The fourth-order valence-electron chi connectivity index (χ4n) is 2.83. The lowest BCUT2D eigenvalue weighted by Crippen LogP contribution is -2.56. The van der Waals surface area contributed by atoms with Gasteiger partial charge in [0.1, 0.15) is 6.54 Å². The maximum Gasteiger partial charge on any atom is 0.320 e. The van der Waals surface area contributed by atoms with Crippen molar-refractivity contribution in [3.63, 3.8) is 0 Å². The molecule has 2 saturated heterocycles. The molecular formula is C13H21N3O4. The van der Waals surface area contributed by atoms with Crippen LogP contribution >= 0.6 is 0 Å². The molecule has 0 saturated carbocycles. The van der Waals surface area contributed by atoms with Gasteiger partial charge in [0, 0.05) is 32.1 Å². The van der Waals surface area contributed by atoms with E-state index < -0.39 is 5.97 Å². The van der Waals surface area contributed by atoms with Gasteiger partial charge in [-0.3, -0.25) is 9.59 Å². The lowest BCUT2D eigenvalue weighted by atomic mass is 9.98. The van der Waals surface area contributed by atoms with Crippen LogP contribution in [-0.2, 0) is 9.59 Å². The number of carbonyl (C=O) groups is 3. The third-order valence-electron chi connectivity index (χ3n) is 3.87. The highest BCUT2D eigenvalue weighted by atomic mass is 16.4. The van der Waals surface area contributed by atoms with E-state index in [0.29, 0.717) is 26.1 Å². The van der Waals surface area contributed by atoms with E-state index in [-0.39, 0.29) is 30.9 Å². The van der Waals surface area contributed by atoms with Crippen molar-refractivity contribution in [1.82, 2.24) is 15.1 Å². The first kappa shape index (κ1) is 14.6. The lowest BCUT2D eigenvalue weighted by molar-refractivity contribution is -0.137. The first-order valence-electron chi connectivity index (χ1n) is 7.12. The van der Waals surface area contributed by atoms with Crippen molar-refractivity contribution < 1.29 is 19.5 Å². The largest absolute Gasteiger partial charge is 0.481 e. The molecule has 20 heavy (non-hydrogen) atoms. The minimum Gasteiger partial charge on any atom is -0.481 e. The van der Waals surface area contributed by atoms with Gasteiger partial charge in [-0.25, -0.2) is 4.79 Å². The van der Waals surface area contributed by atoms with Crippen LogP contribution in [0.1, 0.15) is 32.1 Å². The molecule has 0 aromatic rings. The van der Waals surface area contributed by atoms with Crippen LogP contribution in [0.4, 0.5) is 4.79 Å². The van der Waals surface area contributed by atoms with Crippen molar-refractivity contribution in [2.24, 2.45) is 0 Å². The molecule has 0 radical (unpaired) electrons. The van der Waals surface area contributed by atoms with Crippen molar-refractivity contribution in [2.75, 3.05) is 26.2 Å². The summed E-state index contributed by atoms with van der Waals surface area (Å²) < 4.78 is 0. The van der Waals surface area contributed by atoms with E-state index in [1.807, 2.05) is 0 Å². The maximum atomic E-state index is 12.5. The van der Waals surface area contributed by atoms with Gasteiger partial charge in [-0.2, -0.15) is 0 Å². The van der Waals surface area contributed by atoms with Gasteiger partial charge < -0.3 is 20.2 Å². The minimum absolute atomic E-state index is 0.0164. The molecule has 112 valence electrons. The van der Waals surface area contributed by atoms with E-state index in [1.165, 1.54) is 0 Å². The van der Waals surface area contributed by atoms with Gasteiger partial charge in [0.25, 0.3) is 0 Å². The topological polar surface area (TPSA) is 89.9 Å². The molecule has 2 rings (SSSR count). The predicted octanol–water partition coefficient (Wildman–Crippen LogP) is 0.258. The number of urea groups is 1. The number of hydrogen-bond donors (Lipinski definition) is 2. The summed E-state index contributed by atoms with van der Waals surface area (Å²) in [6, 6.07) is -0.146. The van der Waals surface area contributed by atoms with Crippen LogP contribution in [0.3, 0.4) is 0 Å². The zero-order valence-electron chi connectivity index (χ0n) is 11.5. The second kappa shape index (κ2) is 6.58. The van der Waals surface area contributed by atoms with Crippen molar-refractivity contribution in [2.45, 2.75) is 38.1 Å². The zero-order valence-corrected chi connectivity index (χ0v) is 11.5. The molecule has 2 aliphatic heterocycles. The highest BCUT2D eigenvalue weighted by Gasteiger charge is 2.31. The summed E-state index contributed by atoms with van der Waals surface area (Å²) >= 11 is 0. The number of rotatable bonds is 3. The molecule has 1 unspecified atom stereocenters. The summed E-state index contributed by atoms with van der Waals surface area (Å²) in [5, 5.41) is 11.5. The third-order valence-corrected chi connectivity index (χ3v) is 3.87. The van der Waals surface area contributed by atoms with Gasteiger partial charge >= 0.3 is 12.0 Å². The first-order valence-corrected chi connectivity index (χ1v) is 7.12. The molecule has 0 spiro atoms. The molecule has 0 aromatic carbocycles. The predicted molar refractivity (Wildman–Crippen MR) is 71.2 cm³/mol. The highest BCUT2D eigenvalue weighted by Crippen LogP contribution is 2.22. The third kappa shape index (κ3) is 3.61. The van der Waals surface area contributed by atoms with Crippen LogP contribution < -0.4 is 5.32 Å². The van der Waals surface area contributed by atoms with Crippen LogP contribution in [0.5, 0.6) is 0 Å². The summed E-state index contributed by atoms with van der Waals surface area (Å²) in [7, 11) is 0. The standard InChI is InChI=1S/C13H21N3O4/c17-11-9-15(8-6-14-11)13(20)16-7-2-1-3-10(16)4-5-12(18)19/h10H,1-9H2,(H,14,17)(H,18,19). The normalized spacial score (nSPS) is 23.4. The van der Waals surface area contributed by atoms with Gasteiger partial charge in [-0.15, -0.1) is 0 Å². The number of piperazine rings is 1. The summed E-state index contributed by atoms with van der Waals surface area (Å²) in [6.45, 7) is 1.76. The summed E-state index contributed by atoms with van der Waals surface area (Å²) in [5.41, 5.74) is 0. The molecule has 0 aromatic heterocycles. The monoisotopic (exact) mass is 283 g/mol. The number of carbonyl (C=O) groups excluding carboxylic acids is 2. The molecule has 2 fully saturated rings. The number of piperidine rings is 1. The Morgan fingerprint density at radius 2 is 2.10 bits per heavy atom. The molecule has 2 N–H and O–H groups in total. The number of carboxylic acids is 1. The van der Waals surface area contributed by atoms with Crippen LogP contribution in [0.25, 0.3) is 0 Å². The SMILES string of the molecule is O=C(O)CCC1CCCCN1C(=O)N1CCNC(=O)C1. The van der Waals surface area contributed by atoms with Crippen LogP contribution in [0.15, 0.2) is 0 Å². The second-order valence-electron chi connectivity index (χ2n) is 5.33. The van der Waals surface area contributed by atoms with E-state index in [9.17, 15) is 14.4 Å². The summed E-state index contributed by atoms with van der Waals surface area (Å²) in [4.78, 5) is 37.8. The number of likely N-dealkylation sites (tertiary alicyclic amines) is 1. The fourth-order valence-corrected chi connectivity index (χ4v) is 2.83. The van der Waals surface area contributed by atoms with E-state index in [2.05, 4.69) is 5.32 Å². The summed E-state index contributed by atoms with van der Waals surface area (Å²) in [6.07, 6.45) is 3.37. The average molecular weight is 283 g/mol. The molecular weight excluding hydrogens is 262 g/mol. The molecule has 0 aliphatic carbocycles. The molecule has 0 bridgehead atoms. The van der Waals surface area contributed by atoms with E-state index in [0.717, 1.165) is 19.3 Å². The first-order chi connectivity index (χ1) is 9.58. The van der Waals surface area contributed by atoms with Gasteiger partial charge in [-0.1, -0.05) is 0 Å². The Hall–Kier alpha value is -1.79. The maximum absolute atomic E-state index is 12.5. The van der Waals surface area contributed by atoms with Crippen molar-refractivity contribution in [1.29, 1.82) is 0 Å². The van der Waals surface area contributed by atoms with Crippen LogP contribution in [0.2, 0.25) is 0 Å². The number of nitrogens with zero attached hydrogens (tertiary/aromatic N) is 2. The smallest absolute Gasteiger partial charge is 0.320 e. The Balaban J connectivity index is 1.97. The molecule has 7 heteroatoms. The van der Waals surface area contributed by atoms with Gasteiger partial charge in [-0.05, 0) is 25.7 Å². The Labute approximate surface area is 117 Å². The number of amides is 3. The second-order valence-corrected chi connectivity index (χ2v) is 5.33. The Bertz CT molecular complexity index is 399. The molecule has 1 atom stereocenters. The lowest BCUT2D eigenvalue weighted by Gasteiger charge is -2.39. The zero-order chi connectivity index (χ0) is 14.5. The van der Waals surface area contributed by atoms with Gasteiger partial charge in [0.05, 0.1) is 0 Å². The number of aliphatic carboxylic acids is 1. The minimum atomic E-state index is -0.833. The number of nitrogens with one attached hydrogen (secondary N) is 1. The fraction of sp³-hybridized carbons (Fsp3) is 0.769. The number of carboxylic acid groups (broad SMARTS) is 1. The van der Waals surface area contributed by atoms with Gasteiger partial charge in [0.2, 0.25) is 5.91 Å². The molecule has 7 nitrogen and oxygen atoms in total. The summed E-state index contributed by atoms with van der Waals surface area (Å²) in [5.74, 6) is -0.969. The molecule has 2 aliphatic rings. The highest BCUT2D eigenvalue weighted by molar-refractivity contribution is 5.85. The van der Waals surface area contributed by atoms with Gasteiger partial charge in [0.15, 0.2) is 0 Å². The average Bonchev–Trinajstić information content (AvgIpc) is 2.44. The molecule has 2 heterocycles. The van der Waals surface area contributed by atoms with E-state index in [4.69, 9.17) is 5.11 Å². The quantitative estimate of drug-likeness (QED) is 0.777. The Kier molecular flexibility index (Phi) is 4.81. The van der Waals surface area contributed by atoms with Crippen LogP contribution in [0, 0.1) is 0 Å².